The van der Waals surface area contributed by atoms with Crippen LogP contribution in [-0.2, 0) is 0 Å². The van der Waals surface area contributed by atoms with E-state index in [1.807, 2.05) is 36.2 Å². The van der Waals surface area contributed by atoms with Crippen LogP contribution in [0, 0.1) is 11.3 Å². The van der Waals surface area contributed by atoms with Crippen molar-refractivity contribution in [2.45, 2.75) is 6.42 Å². The first-order valence-corrected chi connectivity index (χ1v) is 7.89. The van der Waals surface area contributed by atoms with Crippen LogP contribution in [0.1, 0.15) is 22.3 Å². The van der Waals surface area contributed by atoms with Gasteiger partial charge in [-0.25, -0.2) is 4.79 Å². The van der Waals surface area contributed by atoms with Gasteiger partial charge in [-0.05, 0) is 35.9 Å². The summed E-state index contributed by atoms with van der Waals surface area (Å²) in [6, 6.07) is 14.2. The normalized spacial score (nSPS) is 10.4. The standard InChI is InChI=1S/C18H17ClN4O2/c1-23(10-2-9-20)15-6-3-13(4-7-15)12-21-22-17-11-14(18(24)25)5-8-16(17)19/h3-8,11-12,22H,2,10H2,1H3,(H,24,25)/b21-12-. The maximum Gasteiger partial charge on any atom is 0.335 e. The summed E-state index contributed by atoms with van der Waals surface area (Å²) in [6.45, 7) is 0.671. The van der Waals surface area contributed by atoms with Crippen molar-refractivity contribution in [1.29, 1.82) is 5.26 Å². The molecule has 6 nitrogen and oxygen atoms in total. The number of halogens is 1. The molecule has 0 spiro atoms. The number of aromatic carboxylic acids is 1. The van der Waals surface area contributed by atoms with Crippen LogP contribution in [0.15, 0.2) is 47.6 Å². The van der Waals surface area contributed by atoms with Gasteiger partial charge in [0, 0.05) is 19.3 Å². The Morgan fingerprint density at radius 1 is 1.36 bits per heavy atom. The van der Waals surface area contributed by atoms with Crippen molar-refractivity contribution < 1.29 is 9.90 Å². The summed E-state index contributed by atoms with van der Waals surface area (Å²) in [5.74, 6) is -1.03. The van der Waals surface area contributed by atoms with E-state index in [0.29, 0.717) is 23.7 Å². The summed E-state index contributed by atoms with van der Waals surface area (Å²) in [7, 11) is 1.93. The molecule has 7 heteroatoms. The van der Waals surface area contributed by atoms with Crippen LogP contribution < -0.4 is 10.3 Å². The predicted molar refractivity (Wildman–Crippen MR) is 99.6 cm³/mol. The Labute approximate surface area is 151 Å². The zero-order chi connectivity index (χ0) is 18.2. The Morgan fingerprint density at radius 3 is 2.72 bits per heavy atom. The number of hydrogen-bond acceptors (Lipinski definition) is 5. The van der Waals surface area contributed by atoms with Crippen LogP contribution in [0.5, 0.6) is 0 Å². The first-order valence-electron chi connectivity index (χ1n) is 7.51. The third-order valence-electron chi connectivity index (χ3n) is 3.50. The van der Waals surface area contributed by atoms with Crippen LogP contribution in [-0.4, -0.2) is 30.9 Å². The third-order valence-corrected chi connectivity index (χ3v) is 3.83. The van der Waals surface area contributed by atoms with Gasteiger partial charge in [0.05, 0.1) is 35.0 Å². The van der Waals surface area contributed by atoms with E-state index < -0.39 is 5.97 Å². The molecule has 0 unspecified atom stereocenters. The van der Waals surface area contributed by atoms with E-state index in [1.54, 1.807) is 6.21 Å². The molecule has 0 aliphatic heterocycles. The highest BCUT2D eigenvalue weighted by Crippen LogP contribution is 2.23. The van der Waals surface area contributed by atoms with Crippen molar-refractivity contribution in [2.24, 2.45) is 5.10 Å². The number of benzene rings is 2. The van der Waals surface area contributed by atoms with Crippen molar-refractivity contribution in [3.63, 3.8) is 0 Å². The Hall–Kier alpha value is -3.04. The van der Waals surface area contributed by atoms with E-state index in [4.69, 9.17) is 22.0 Å². The first-order chi connectivity index (χ1) is 12.0. The Balaban J connectivity index is 2.02. The molecule has 0 aliphatic carbocycles. The smallest absolute Gasteiger partial charge is 0.335 e. The van der Waals surface area contributed by atoms with E-state index in [9.17, 15) is 4.79 Å². The van der Waals surface area contributed by atoms with Gasteiger partial charge in [0.25, 0.3) is 0 Å². The second-order valence-electron chi connectivity index (χ2n) is 5.29. The number of hydrazone groups is 1. The molecule has 0 fully saturated rings. The van der Waals surface area contributed by atoms with Crippen LogP contribution in [0.3, 0.4) is 0 Å². The fourth-order valence-corrected chi connectivity index (χ4v) is 2.24. The van der Waals surface area contributed by atoms with E-state index in [-0.39, 0.29) is 5.56 Å². The average molecular weight is 357 g/mol. The molecule has 0 bridgehead atoms. The molecule has 2 aromatic carbocycles. The lowest BCUT2D eigenvalue weighted by molar-refractivity contribution is 0.0697. The Morgan fingerprint density at radius 2 is 2.08 bits per heavy atom. The lowest BCUT2D eigenvalue weighted by Crippen LogP contribution is -2.17. The number of hydrogen-bond donors (Lipinski definition) is 2. The van der Waals surface area contributed by atoms with E-state index in [2.05, 4.69) is 16.6 Å². The van der Waals surface area contributed by atoms with Gasteiger partial charge in [0.2, 0.25) is 0 Å². The molecule has 0 atom stereocenters. The largest absolute Gasteiger partial charge is 0.478 e. The van der Waals surface area contributed by atoms with Crippen molar-refractivity contribution in [1.82, 2.24) is 0 Å². The second kappa shape index (κ2) is 8.71. The minimum Gasteiger partial charge on any atom is -0.478 e. The number of carboxylic acid groups (broad SMARTS) is 1. The number of carboxylic acids is 1. The first kappa shape index (κ1) is 18.3. The molecule has 0 radical (unpaired) electrons. The molecule has 25 heavy (non-hydrogen) atoms. The van der Waals surface area contributed by atoms with Gasteiger partial charge >= 0.3 is 5.97 Å². The monoisotopic (exact) mass is 356 g/mol. The molecule has 2 aromatic rings. The Kier molecular flexibility index (Phi) is 6.38. The lowest BCUT2D eigenvalue weighted by Gasteiger charge is -2.17. The number of nitrogens with one attached hydrogen (secondary N) is 1. The molecule has 0 aromatic heterocycles. The lowest BCUT2D eigenvalue weighted by atomic mass is 10.2. The number of nitriles is 1. The van der Waals surface area contributed by atoms with Crippen molar-refractivity contribution in [2.75, 3.05) is 23.9 Å². The predicted octanol–water partition coefficient (Wildman–Crippen LogP) is 3.83. The minimum atomic E-state index is -1.03. The quantitative estimate of drug-likeness (QED) is 0.581. The topological polar surface area (TPSA) is 88.7 Å². The van der Waals surface area contributed by atoms with Gasteiger partial charge in [-0.3, -0.25) is 5.43 Å². The van der Waals surface area contributed by atoms with Crippen molar-refractivity contribution in [3.05, 3.63) is 58.6 Å². The molecular formula is C18H17ClN4O2. The molecule has 0 heterocycles. The SMILES string of the molecule is CN(CCC#N)c1ccc(/C=N\Nc2cc(C(=O)O)ccc2Cl)cc1. The second-order valence-corrected chi connectivity index (χ2v) is 5.70. The van der Waals surface area contributed by atoms with Gasteiger partial charge in [-0.15, -0.1) is 0 Å². The molecule has 128 valence electrons. The summed E-state index contributed by atoms with van der Waals surface area (Å²) in [5, 5.41) is 22.1. The molecule has 0 saturated heterocycles. The molecule has 2 N–H and O–H groups in total. The zero-order valence-electron chi connectivity index (χ0n) is 13.6. The van der Waals surface area contributed by atoms with Crippen LogP contribution in [0.4, 0.5) is 11.4 Å². The van der Waals surface area contributed by atoms with Gasteiger partial charge in [-0.1, -0.05) is 23.7 Å². The van der Waals surface area contributed by atoms with E-state index in [0.717, 1.165) is 11.3 Å². The van der Waals surface area contributed by atoms with E-state index in [1.165, 1.54) is 18.2 Å². The number of anilines is 2. The van der Waals surface area contributed by atoms with Crippen LogP contribution in [0.2, 0.25) is 5.02 Å². The molecule has 2 rings (SSSR count). The highest BCUT2D eigenvalue weighted by atomic mass is 35.5. The fourth-order valence-electron chi connectivity index (χ4n) is 2.08. The summed E-state index contributed by atoms with van der Waals surface area (Å²) >= 11 is 6.02. The highest BCUT2D eigenvalue weighted by molar-refractivity contribution is 6.33. The number of rotatable bonds is 7. The van der Waals surface area contributed by atoms with Crippen molar-refractivity contribution in [3.8, 4) is 6.07 Å². The maximum atomic E-state index is 11.0. The molecule has 0 saturated carbocycles. The van der Waals surface area contributed by atoms with Gasteiger partial charge < -0.3 is 10.0 Å². The molecular weight excluding hydrogens is 340 g/mol. The molecule has 0 amide bonds. The molecule has 0 aliphatic rings. The van der Waals surface area contributed by atoms with Gasteiger partial charge in [0.15, 0.2) is 0 Å². The van der Waals surface area contributed by atoms with Gasteiger partial charge in [0.1, 0.15) is 0 Å². The van der Waals surface area contributed by atoms with Crippen LogP contribution in [0.25, 0.3) is 0 Å². The number of carbonyl (C=O) groups is 1. The van der Waals surface area contributed by atoms with E-state index >= 15 is 0 Å². The average Bonchev–Trinajstić information content (AvgIpc) is 2.61. The Bertz CT molecular complexity index is 813. The third kappa shape index (κ3) is 5.23. The van der Waals surface area contributed by atoms with Crippen molar-refractivity contribution >= 4 is 35.2 Å². The summed E-state index contributed by atoms with van der Waals surface area (Å²) < 4.78 is 0. The minimum absolute atomic E-state index is 0.131. The zero-order valence-corrected chi connectivity index (χ0v) is 14.4. The summed E-state index contributed by atoms with van der Waals surface area (Å²) in [4.78, 5) is 13.0. The maximum absolute atomic E-state index is 11.0. The number of nitrogens with zero attached hydrogens (tertiary/aromatic N) is 3. The van der Waals surface area contributed by atoms with Gasteiger partial charge in [-0.2, -0.15) is 10.4 Å². The summed E-state index contributed by atoms with van der Waals surface area (Å²) in [6.07, 6.45) is 2.09. The van der Waals surface area contributed by atoms with Crippen LogP contribution >= 0.6 is 11.6 Å². The highest BCUT2D eigenvalue weighted by Gasteiger charge is 2.06. The summed E-state index contributed by atoms with van der Waals surface area (Å²) in [5.41, 5.74) is 5.19. The fraction of sp³-hybridized carbons (Fsp3) is 0.167.